The van der Waals surface area contributed by atoms with Crippen molar-refractivity contribution in [2.45, 2.75) is 24.7 Å². The summed E-state index contributed by atoms with van der Waals surface area (Å²) in [5.74, 6) is 2.08. The molecule has 0 N–H and O–H groups in total. The summed E-state index contributed by atoms with van der Waals surface area (Å²) < 4.78 is 5.77. The molecular weight excluding hydrogens is 320 g/mol. The maximum absolute atomic E-state index is 5.77. The van der Waals surface area contributed by atoms with Crippen molar-refractivity contribution in [3.05, 3.63) is 47.8 Å². The van der Waals surface area contributed by atoms with E-state index in [-0.39, 0.29) is 5.41 Å². The summed E-state index contributed by atoms with van der Waals surface area (Å²) in [6.45, 7) is 1.97. The van der Waals surface area contributed by atoms with Gasteiger partial charge in [0, 0.05) is 30.2 Å². The summed E-state index contributed by atoms with van der Waals surface area (Å²) in [5.41, 5.74) is 0.999. The molecule has 0 amide bonds. The van der Waals surface area contributed by atoms with Gasteiger partial charge in [0.2, 0.25) is 11.7 Å². The van der Waals surface area contributed by atoms with Crippen LogP contribution >= 0.6 is 11.3 Å². The summed E-state index contributed by atoms with van der Waals surface area (Å²) in [6, 6.07) is 10.0. The zero-order valence-electron chi connectivity index (χ0n) is 13.3. The number of hydrogen-bond donors (Lipinski definition) is 0. The Labute approximate surface area is 144 Å². The first-order chi connectivity index (χ1) is 11.9. The fraction of sp³-hybridized carbons (Fsp3) is 0.389. The summed E-state index contributed by atoms with van der Waals surface area (Å²) in [6.07, 6.45) is 5.46. The third kappa shape index (κ3) is 2.09. The Morgan fingerprint density at radius 3 is 3.00 bits per heavy atom. The molecule has 0 radical (unpaired) electrons. The molecule has 3 aromatic rings. The lowest BCUT2D eigenvalue weighted by Gasteiger charge is -2.23. The molecule has 0 unspecified atom stereocenters. The average Bonchev–Trinajstić information content (AvgIpc) is 3.36. The largest absolute Gasteiger partial charge is 0.347 e. The molecular formula is C18H18N4OS. The Morgan fingerprint density at radius 2 is 2.17 bits per heavy atom. The van der Waals surface area contributed by atoms with Crippen molar-refractivity contribution in [2.75, 3.05) is 18.0 Å². The molecule has 1 aliphatic carbocycles. The highest BCUT2D eigenvalue weighted by Crippen LogP contribution is 2.51. The lowest BCUT2D eigenvalue weighted by molar-refractivity contribution is 0.266. The summed E-state index contributed by atoms with van der Waals surface area (Å²) in [4.78, 5) is 11.7. The molecule has 0 spiro atoms. The highest BCUT2D eigenvalue weighted by molar-refractivity contribution is 7.13. The van der Waals surface area contributed by atoms with Gasteiger partial charge in [-0.15, -0.1) is 11.3 Å². The Bertz CT molecular complexity index is 832. The molecule has 1 saturated carbocycles. The van der Waals surface area contributed by atoms with E-state index >= 15 is 0 Å². The van der Waals surface area contributed by atoms with Crippen molar-refractivity contribution in [1.29, 1.82) is 0 Å². The van der Waals surface area contributed by atoms with Gasteiger partial charge >= 0.3 is 0 Å². The van der Waals surface area contributed by atoms with Crippen molar-refractivity contribution in [3.8, 4) is 11.4 Å². The fourth-order valence-corrected chi connectivity index (χ4v) is 4.94. The molecule has 3 heterocycles. The number of aromatic nitrogens is 3. The number of hydrogen-bond acceptors (Lipinski definition) is 6. The number of fused-ring (bicyclic) bond motifs is 1. The van der Waals surface area contributed by atoms with Crippen LogP contribution in [-0.2, 0) is 5.41 Å². The minimum Gasteiger partial charge on any atom is -0.347 e. The number of nitrogens with zero attached hydrogens (tertiary/aromatic N) is 4. The SMILES string of the molecule is c1ccc(-c2noc([C@@]34CCC[C@@H]3CN(c3nccs3)C4)n2)cc1. The van der Waals surface area contributed by atoms with E-state index in [1.54, 1.807) is 11.3 Å². The molecule has 5 rings (SSSR count). The smallest absolute Gasteiger partial charge is 0.235 e. The highest BCUT2D eigenvalue weighted by Gasteiger charge is 2.54. The van der Waals surface area contributed by atoms with Crippen LogP contribution in [0.4, 0.5) is 5.13 Å². The first-order valence-corrected chi connectivity index (χ1v) is 9.27. The maximum Gasteiger partial charge on any atom is 0.235 e. The normalized spacial score (nSPS) is 26.0. The van der Waals surface area contributed by atoms with E-state index in [1.165, 1.54) is 12.8 Å². The van der Waals surface area contributed by atoms with Gasteiger partial charge in [-0.05, 0) is 18.8 Å². The molecule has 2 aliphatic rings. The van der Waals surface area contributed by atoms with Crippen LogP contribution in [0, 0.1) is 5.92 Å². The second kappa shape index (κ2) is 5.41. The molecule has 1 saturated heterocycles. The third-order valence-electron chi connectivity index (χ3n) is 5.44. The molecule has 1 aromatic carbocycles. The van der Waals surface area contributed by atoms with Crippen molar-refractivity contribution >= 4 is 16.5 Å². The van der Waals surface area contributed by atoms with Crippen LogP contribution in [0.25, 0.3) is 11.4 Å². The van der Waals surface area contributed by atoms with Crippen LogP contribution in [0.3, 0.4) is 0 Å². The molecule has 2 atom stereocenters. The second-order valence-electron chi connectivity index (χ2n) is 6.73. The van der Waals surface area contributed by atoms with Crippen molar-refractivity contribution in [1.82, 2.24) is 15.1 Å². The van der Waals surface area contributed by atoms with E-state index in [0.717, 1.165) is 36.1 Å². The predicted octanol–water partition coefficient (Wildman–Crippen LogP) is 3.75. The van der Waals surface area contributed by atoms with E-state index in [2.05, 4.69) is 15.0 Å². The standard InChI is InChI=1S/C18H18N4OS/c1-2-5-13(6-3-1)15-20-16(23-21-15)18-8-4-7-14(18)11-22(12-18)17-19-9-10-24-17/h1-3,5-6,9-10,14H,4,7-8,11-12H2/t14-,18-/m1/s1. The molecule has 6 heteroatoms. The van der Waals surface area contributed by atoms with E-state index < -0.39 is 0 Å². The molecule has 2 fully saturated rings. The van der Waals surface area contributed by atoms with Gasteiger partial charge in [0.05, 0.1) is 5.41 Å². The quantitative estimate of drug-likeness (QED) is 0.728. The lowest BCUT2D eigenvalue weighted by Crippen LogP contribution is -2.32. The fourth-order valence-electron chi connectivity index (χ4n) is 4.29. The Kier molecular flexibility index (Phi) is 3.19. The monoisotopic (exact) mass is 338 g/mol. The van der Waals surface area contributed by atoms with E-state index in [9.17, 15) is 0 Å². The Morgan fingerprint density at radius 1 is 1.25 bits per heavy atom. The first kappa shape index (κ1) is 14.2. The van der Waals surface area contributed by atoms with Gasteiger partial charge in [0.1, 0.15) is 0 Å². The summed E-state index contributed by atoms with van der Waals surface area (Å²) in [7, 11) is 0. The number of thiazole rings is 1. The zero-order valence-corrected chi connectivity index (χ0v) is 14.1. The second-order valence-corrected chi connectivity index (χ2v) is 7.60. The Balaban J connectivity index is 1.50. The van der Waals surface area contributed by atoms with E-state index in [4.69, 9.17) is 9.51 Å². The summed E-state index contributed by atoms with van der Waals surface area (Å²) >= 11 is 1.70. The highest BCUT2D eigenvalue weighted by atomic mass is 32.1. The van der Waals surface area contributed by atoms with Gasteiger partial charge in [-0.1, -0.05) is 41.9 Å². The van der Waals surface area contributed by atoms with Gasteiger partial charge in [-0.2, -0.15) is 4.98 Å². The molecule has 1 aliphatic heterocycles. The van der Waals surface area contributed by atoms with Crippen LogP contribution in [0.2, 0.25) is 0 Å². The van der Waals surface area contributed by atoms with Gasteiger partial charge in [0.15, 0.2) is 5.13 Å². The van der Waals surface area contributed by atoms with Crippen molar-refractivity contribution < 1.29 is 4.52 Å². The predicted molar refractivity (Wildman–Crippen MR) is 93.1 cm³/mol. The van der Waals surface area contributed by atoms with E-state index in [0.29, 0.717) is 11.7 Å². The lowest BCUT2D eigenvalue weighted by atomic mass is 9.80. The molecule has 24 heavy (non-hydrogen) atoms. The van der Waals surface area contributed by atoms with Crippen molar-refractivity contribution in [2.24, 2.45) is 5.92 Å². The van der Waals surface area contributed by atoms with Gasteiger partial charge in [-0.25, -0.2) is 4.98 Å². The summed E-state index contributed by atoms with van der Waals surface area (Å²) in [5, 5.41) is 7.40. The number of anilines is 1. The van der Waals surface area contributed by atoms with Crippen LogP contribution in [-0.4, -0.2) is 28.2 Å². The van der Waals surface area contributed by atoms with Crippen LogP contribution in [0.1, 0.15) is 25.2 Å². The number of rotatable bonds is 3. The zero-order chi connectivity index (χ0) is 16.0. The van der Waals surface area contributed by atoms with Gasteiger partial charge in [0.25, 0.3) is 0 Å². The molecule has 2 aromatic heterocycles. The molecule has 5 nitrogen and oxygen atoms in total. The average molecular weight is 338 g/mol. The van der Waals surface area contributed by atoms with Crippen LogP contribution in [0.15, 0.2) is 46.4 Å². The van der Waals surface area contributed by atoms with Crippen LogP contribution in [0.5, 0.6) is 0 Å². The molecule has 0 bridgehead atoms. The first-order valence-electron chi connectivity index (χ1n) is 8.39. The van der Waals surface area contributed by atoms with Gasteiger partial charge in [-0.3, -0.25) is 0 Å². The number of benzene rings is 1. The van der Waals surface area contributed by atoms with E-state index in [1.807, 2.05) is 41.9 Å². The topological polar surface area (TPSA) is 55.1 Å². The van der Waals surface area contributed by atoms with Crippen LogP contribution < -0.4 is 4.90 Å². The van der Waals surface area contributed by atoms with Gasteiger partial charge < -0.3 is 9.42 Å². The Hall–Kier alpha value is -2.21. The maximum atomic E-state index is 5.77. The minimum absolute atomic E-state index is 0.00823. The third-order valence-corrected chi connectivity index (χ3v) is 6.28. The van der Waals surface area contributed by atoms with Crippen molar-refractivity contribution in [3.63, 3.8) is 0 Å². The minimum atomic E-state index is -0.00823. The molecule has 122 valence electrons.